The summed E-state index contributed by atoms with van der Waals surface area (Å²) in [5.41, 5.74) is 4.10. The number of carbonyl (C=O) groups excluding carboxylic acids is 1. The highest BCUT2D eigenvalue weighted by Crippen LogP contribution is 2.22. The van der Waals surface area contributed by atoms with Crippen molar-refractivity contribution in [3.8, 4) is 0 Å². The molecule has 1 aromatic heterocycles. The van der Waals surface area contributed by atoms with Crippen LogP contribution in [0.5, 0.6) is 0 Å². The second kappa shape index (κ2) is 6.24. The first-order valence-electron chi connectivity index (χ1n) is 7.51. The molecule has 1 amide bonds. The number of fused-ring (bicyclic) bond motifs is 1. The smallest absolute Gasteiger partial charge is 0.224 e. The summed E-state index contributed by atoms with van der Waals surface area (Å²) in [4.78, 5) is 12.1. The van der Waals surface area contributed by atoms with Gasteiger partial charge < -0.3 is 9.73 Å². The lowest BCUT2D eigenvalue weighted by atomic mass is 10.1. The van der Waals surface area contributed by atoms with E-state index in [0.717, 1.165) is 27.7 Å². The third kappa shape index (κ3) is 3.42. The van der Waals surface area contributed by atoms with Crippen LogP contribution in [-0.4, -0.2) is 5.91 Å². The number of furan rings is 1. The number of aryl methyl sites for hydroxylation is 2. The van der Waals surface area contributed by atoms with Crippen LogP contribution < -0.4 is 5.32 Å². The second-order valence-corrected chi connectivity index (χ2v) is 5.80. The Labute approximate surface area is 134 Å². The van der Waals surface area contributed by atoms with Gasteiger partial charge in [0, 0.05) is 17.5 Å². The van der Waals surface area contributed by atoms with Crippen molar-refractivity contribution in [1.82, 2.24) is 5.32 Å². The molecule has 4 heteroatoms. The van der Waals surface area contributed by atoms with Crippen molar-refractivity contribution in [2.24, 2.45) is 0 Å². The summed E-state index contributed by atoms with van der Waals surface area (Å²) in [6, 6.07) is 10.9. The van der Waals surface area contributed by atoms with Gasteiger partial charge >= 0.3 is 0 Å². The predicted molar refractivity (Wildman–Crippen MR) is 87.6 cm³/mol. The molecular formula is C19H18FNO2. The van der Waals surface area contributed by atoms with E-state index in [0.29, 0.717) is 12.1 Å². The predicted octanol–water partition coefficient (Wildman–Crippen LogP) is 4.05. The summed E-state index contributed by atoms with van der Waals surface area (Å²) in [6.07, 6.45) is 1.86. The van der Waals surface area contributed by atoms with Crippen molar-refractivity contribution >= 4 is 16.9 Å². The fourth-order valence-corrected chi connectivity index (χ4v) is 2.51. The number of rotatable bonds is 4. The van der Waals surface area contributed by atoms with Gasteiger partial charge in [-0.25, -0.2) is 4.39 Å². The summed E-state index contributed by atoms with van der Waals surface area (Å²) >= 11 is 0. The maximum absolute atomic E-state index is 13.5. The minimum absolute atomic E-state index is 0.116. The van der Waals surface area contributed by atoms with Crippen molar-refractivity contribution in [2.75, 3.05) is 0 Å². The van der Waals surface area contributed by atoms with Crippen LogP contribution in [0.4, 0.5) is 4.39 Å². The van der Waals surface area contributed by atoms with Crippen LogP contribution in [0, 0.1) is 19.7 Å². The van der Waals surface area contributed by atoms with E-state index < -0.39 is 0 Å². The average Bonchev–Trinajstić information content (AvgIpc) is 2.90. The Morgan fingerprint density at radius 1 is 1.17 bits per heavy atom. The maximum atomic E-state index is 13.5. The zero-order chi connectivity index (χ0) is 16.4. The number of hydrogen-bond acceptors (Lipinski definition) is 2. The van der Waals surface area contributed by atoms with E-state index in [1.54, 1.807) is 19.3 Å². The van der Waals surface area contributed by atoms with Gasteiger partial charge in [0.1, 0.15) is 11.4 Å². The molecule has 0 unspecified atom stereocenters. The van der Waals surface area contributed by atoms with Crippen LogP contribution in [0.25, 0.3) is 11.0 Å². The van der Waals surface area contributed by atoms with Crippen LogP contribution in [0.2, 0.25) is 0 Å². The molecule has 0 atom stereocenters. The zero-order valence-electron chi connectivity index (χ0n) is 13.2. The van der Waals surface area contributed by atoms with Gasteiger partial charge in [-0.3, -0.25) is 4.79 Å². The first kappa shape index (κ1) is 15.3. The third-order valence-corrected chi connectivity index (χ3v) is 3.89. The molecule has 3 rings (SSSR count). The fraction of sp³-hybridized carbons (Fsp3) is 0.211. The van der Waals surface area contributed by atoms with Crippen molar-refractivity contribution in [2.45, 2.75) is 26.8 Å². The summed E-state index contributed by atoms with van der Waals surface area (Å²) < 4.78 is 19.0. The molecule has 0 aliphatic heterocycles. The number of hydrogen-bond donors (Lipinski definition) is 1. The summed E-state index contributed by atoms with van der Waals surface area (Å²) in [7, 11) is 0. The van der Waals surface area contributed by atoms with E-state index >= 15 is 0 Å². The van der Waals surface area contributed by atoms with E-state index in [2.05, 4.69) is 5.32 Å². The van der Waals surface area contributed by atoms with Crippen molar-refractivity contribution in [3.63, 3.8) is 0 Å². The lowest BCUT2D eigenvalue weighted by molar-refractivity contribution is -0.120. The lowest BCUT2D eigenvalue weighted by Crippen LogP contribution is -2.24. The van der Waals surface area contributed by atoms with E-state index in [-0.39, 0.29) is 18.1 Å². The minimum Gasteiger partial charge on any atom is -0.464 e. The summed E-state index contributed by atoms with van der Waals surface area (Å²) in [5, 5.41) is 3.76. The fourth-order valence-electron chi connectivity index (χ4n) is 2.51. The normalized spacial score (nSPS) is 10.9. The Morgan fingerprint density at radius 2 is 2.00 bits per heavy atom. The molecule has 0 aliphatic rings. The summed E-state index contributed by atoms with van der Waals surface area (Å²) in [6.45, 7) is 4.02. The van der Waals surface area contributed by atoms with E-state index in [1.807, 2.05) is 31.2 Å². The van der Waals surface area contributed by atoms with Crippen molar-refractivity contribution < 1.29 is 13.6 Å². The standard InChI is InChI=1S/C19H18FNO2/c1-12-3-6-16-15(11-23-18(16)7-12)9-19(22)21-10-14-5-4-13(2)17(20)8-14/h3-8,11H,9-10H2,1-2H3,(H,21,22). The lowest BCUT2D eigenvalue weighted by Gasteiger charge is -2.06. The molecular weight excluding hydrogens is 293 g/mol. The van der Waals surface area contributed by atoms with Gasteiger partial charge in [0.25, 0.3) is 0 Å². The quantitative estimate of drug-likeness (QED) is 0.790. The molecule has 1 N–H and O–H groups in total. The second-order valence-electron chi connectivity index (χ2n) is 5.80. The molecule has 118 valence electrons. The number of nitrogens with one attached hydrogen (secondary N) is 1. The maximum Gasteiger partial charge on any atom is 0.224 e. The largest absolute Gasteiger partial charge is 0.464 e. The van der Waals surface area contributed by atoms with Crippen LogP contribution in [0.1, 0.15) is 22.3 Å². The third-order valence-electron chi connectivity index (χ3n) is 3.89. The molecule has 23 heavy (non-hydrogen) atoms. The highest BCUT2D eigenvalue weighted by atomic mass is 19.1. The first-order valence-corrected chi connectivity index (χ1v) is 7.51. The van der Waals surface area contributed by atoms with Gasteiger partial charge in [-0.1, -0.05) is 24.3 Å². The van der Waals surface area contributed by atoms with Crippen molar-refractivity contribution in [3.05, 3.63) is 70.7 Å². The van der Waals surface area contributed by atoms with E-state index in [4.69, 9.17) is 4.42 Å². The number of halogens is 1. The topological polar surface area (TPSA) is 42.2 Å². The van der Waals surface area contributed by atoms with Gasteiger partial charge in [0.2, 0.25) is 5.91 Å². The van der Waals surface area contributed by atoms with Gasteiger partial charge in [-0.05, 0) is 42.7 Å². The highest BCUT2D eigenvalue weighted by molar-refractivity contribution is 5.87. The van der Waals surface area contributed by atoms with Crippen LogP contribution in [-0.2, 0) is 17.8 Å². The summed E-state index contributed by atoms with van der Waals surface area (Å²) in [5.74, 6) is -0.373. The number of carbonyl (C=O) groups is 1. The molecule has 2 aromatic carbocycles. The molecule has 3 nitrogen and oxygen atoms in total. The van der Waals surface area contributed by atoms with Gasteiger partial charge in [-0.2, -0.15) is 0 Å². The van der Waals surface area contributed by atoms with Crippen LogP contribution in [0.15, 0.2) is 47.1 Å². The van der Waals surface area contributed by atoms with Gasteiger partial charge in [0.15, 0.2) is 0 Å². The van der Waals surface area contributed by atoms with Gasteiger partial charge in [0.05, 0.1) is 12.7 Å². The molecule has 1 heterocycles. The zero-order valence-corrected chi connectivity index (χ0v) is 13.2. The number of amides is 1. The van der Waals surface area contributed by atoms with E-state index in [1.165, 1.54) is 6.07 Å². The molecule has 0 spiro atoms. The molecule has 0 aliphatic carbocycles. The van der Waals surface area contributed by atoms with Crippen molar-refractivity contribution in [1.29, 1.82) is 0 Å². The highest BCUT2D eigenvalue weighted by Gasteiger charge is 2.10. The Balaban J connectivity index is 1.65. The Morgan fingerprint density at radius 3 is 2.78 bits per heavy atom. The first-order chi connectivity index (χ1) is 11.0. The van der Waals surface area contributed by atoms with E-state index in [9.17, 15) is 9.18 Å². The SMILES string of the molecule is Cc1ccc2c(CC(=O)NCc3ccc(C)c(F)c3)coc2c1. The number of benzene rings is 2. The molecule has 0 radical (unpaired) electrons. The monoisotopic (exact) mass is 311 g/mol. The van der Waals surface area contributed by atoms with Crippen LogP contribution >= 0.6 is 0 Å². The molecule has 0 saturated heterocycles. The Kier molecular flexibility index (Phi) is 4.15. The van der Waals surface area contributed by atoms with Gasteiger partial charge in [-0.15, -0.1) is 0 Å². The Bertz CT molecular complexity index is 867. The molecule has 0 fully saturated rings. The molecule has 0 saturated carbocycles. The molecule has 0 bridgehead atoms. The minimum atomic E-state index is -0.257. The van der Waals surface area contributed by atoms with Crippen LogP contribution in [0.3, 0.4) is 0 Å². The molecule has 3 aromatic rings. The Hall–Kier alpha value is -2.62. The average molecular weight is 311 g/mol.